The van der Waals surface area contributed by atoms with Crippen molar-refractivity contribution in [2.75, 3.05) is 17.2 Å². The molecule has 3 aromatic rings. The van der Waals surface area contributed by atoms with E-state index >= 15 is 0 Å². The van der Waals surface area contributed by atoms with Crippen molar-refractivity contribution >= 4 is 56.7 Å². The van der Waals surface area contributed by atoms with E-state index in [1.165, 1.54) is 16.7 Å². The summed E-state index contributed by atoms with van der Waals surface area (Å²) in [6.07, 6.45) is 2.57. The van der Waals surface area contributed by atoms with Crippen molar-refractivity contribution in [1.29, 1.82) is 0 Å². The lowest BCUT2D eigenvalue weighted by Crippen LogP contribution is -2.33. The van der Waals surface area contributed by atoms with E-state index in [1.54, 1.807) is 17.7 Å². The molecule has 0 saturated carbocycles. The number of nitrogens with zero attached hydrogens (tertiary/aromatic N) is 3. The van der Waals surface area contributed by atoms with Crippen LogP contribution in [0.25, 0.3) is 10.2 Å². The lowest BCUT2D eigenvalue weighted by molar-refractivity contribution is -0.116. The Hall–Kier alpha value is -1.57. The predicted octanol–water partition coefficient (Wildman–Crippen LogP) is 4.70. The van der Waals surface area contributed by atoms with Crippen LogP contribution in [0.1, 0.15) is 13.3 Å². The number of benzene rings is 1. The topological polar surface area (TPSA) is 46.1 Å². The number of aromatic nitrogens is 2. The summed E-state index contributed by atoms with van der Waals surface area (Å²) in [5.41, 5.74) is 1.03. The zero-order valence-electron chi connectivity index (χ0n) is 13.7. The molecule has 1 aliphatic rings. The van der Waals surface area contributed by atoms with Crippen molar-refractivity contribution in [3.63, 3.8) is 0 Å². The Labute approximate surface area is 159 Å². The van der Waals surface area contributed by atoms with Gasteiger partial charge in [0.25, 0.3) is 0 Å². The van der Waals surface area contributed by atoms with E-state index in [0.29, 0.717) is 11.0 Å². The number of thiophene rings is 1. The van der Waals surface area contributed by atoms with Crippen LogP contribution < -0.4 is 4.90 Å². The van der Waals surface area contributed by atoms with Crippen LogP contribution in [-0.2, 0) is 4.79 Å². The van der Waals surface area contributed by atoms with Crippen LogP contribution in [0.5, 0.6) is 0 Å². The van der Waals surface area contributed by atoms with Crippen LogP contribution in [0.4, 0.5) is 5.69 Å². The first kappa shape index (κ1) is 16.9. The molecular weight excluding hydrogens is 370 g/mol. The molecule has 0 radical (unpaired) electrons. The minimum absolute atomic E-state index is 0.133. The molecule has 1 aromatic carbocycles. The summed E-state index contributed by atoms with van der Waals surface area (Å²) < 4.78 is 0. The van der Waals surface area contributed by atoms with Crippen molar-refractivity contribution in [1.82, 2.24) is 9.97 Å². The molecule has 4 rings (SSSR count). The molecule has 128 valence electrons. The average molecular weight is 388 g/mol. The van der Waals surface area contributed by atoms with E-state index in [9.17, 15) is 4.79 Å². The van der Waals surface area contributed by atoms with Gasteiger partial charge in [-0.15, -0.1) is 23.1 Å². The standard InChI is InChI=1S/C18H17N3OS3/c1-12-6-8-21(14-4-2-3-5-15(14)25-12)16(22)10-24-18-13-7-9-23-17(13)19-11-20-18/h2-5,7,9,11-12H,6,8,10H2,1H3. The number of thioether (sulfide) groups is 2. The highest BCUT2D eigenvalue weighted by Crippen LogP contribution is 2.37. The normalized spacial score (nSPS) is 17.3. The van der Waals surface area contributed by atoms with Gasteiger partial charge in [-0.1, -0.05) is 30.8 Å². The van der Waals surface area contributed by atoms with Gasteiger partial charge < -0.3 is 4.90 Å². The molecule has 4 nitrogen and oxygen atoms in total. The molecule has 3 heterocycles. The van der Waals surface area contributed by atoms with Gasteiger partial charge in [-0.3, -0.25) is 4.79 Å². The van der Waals surface area contributed by atoms with Crippen molar-refractivity contribution in [2.24, 2.45) is 0 Å². The monoisotopic (exact) mass is 387 g/mol. The van der Waals surface area contributed by atoms with Gasteiger partial charge in [0.2, 0.25) is 5.91 Å². The van der Waals surface area contributed by atoms with E-state index in [-0.39, 0.29) is 5.91 Å². The fraction of sp³-hybridized carbons (Fsp3) is 0.278. The number of hydrogen-bond acceptors (Lipinski definition) is 6. The number of carbonyl (C=O) groups is 1. The number of para-hydroxylation sites is 1. The Morgan fingerprint density at radius 1 is 1.32 bits per heavy atom. The Morgan fingerprint density at radius 3 is 3.12 bits per heavy atom. The molecule has 0 spiro atoms. The lowest BCUT2D eigenvalue weighted by atomic mass is 10.2. The second-order valence-electron chi connectivity index (χ2n) is 5.84. The SMILES string of the molecule is CC1CCN(C(=O)CSc2ncnc3sccc23)c2ccccc2S1. The molecule has 0 N–H and O–H groups in total. The lowest BCUT2D eigenvalue weighted by Gasteiger charge is -2.22. The zero-order valence-corrected chi connectivity index (χ0v) is 16.2. The van der Waals surface area contributed by atoms with Crippen LogP contribution >= 0.6 is 34.9 Å². The van der Waals surface area contributed by atoms with Crippen LogP contribution in [0.15, 0.2) is 52.0 Å². The Balaban J connectivity index is 1.54. The van der Waals surface area contributed by atoms with Gasteiger partial charge in [0, 0.05) is 22.1 Å². The van der Waals surface area contributed by atoms with Gasteiger partial charge >= 0.3 is 0 Å². The number of anilines is 1. The molecule has 0 saturated heterocycles. The van der Waals surface area contributed by atoms with E-state index in [4.69, 9.17) is 0 Å². The largest absolute Gasteiger partial charge is 0.311 e. The maximum atomic E-state index is 12.9. The number of hydrogen-bond donors (Lipinski definition) is 0. The highest BCUT2D eigenvalue weighted by atomic mass is 32.2. The average Bonchev–Trinajstić information content (AvgIpc) is 3.03. The second-order valence-corrected chi connectivity index (χ2v) is 9.18. The third kappa shape index (κ3) is 3.54. The smallest absolute Gasteiger partial charge is 0.237 e. The molecule has 0 bridgehead atoms. The van der Waals surface area contributed by atoms with E-state index in [0.717, 1.165) is 33.9 Å². The quantitative estimate of drug-likeness (QED) is 0.481. The summed E-state index contributed by atoms with van der Waals surface area (Å²) in [4.78, 5) is 25.6. The molecule has 25 heavy (non-hydrogen) atoms. The van der Waals surface area contributed by atoms with Gasteiger partial charge in [-0.25, -0.2) is 9.97 Å². The van der Waals surface area contributed by atoms with Crippen LogP contribution in [0.3, 0.4) is 0 Å². The van der Waals surface area contributed by atoms with Crippen molar-refractivity contribution in [3.8, 4) is 0 Å². The van der Waals surface area contributed by atoms with Crippen molar-refractivity contribution in [2.45, 2.75) is 28.5 Å². The fourth-order valence-electron chi connectivity index (χ4n) is 2.84. The first-order valence-corrected chi connectivity index (χ1v) is 10.8. The van der Waals surface area contributed by atoms with Crippen LogP contribution in [-0.4, -0.2) is 33.4 Å². The number of fused-ring (bicyclic) bond motifs is 2. The fourth-order valence-corrected chi connectivity index (χ4v) is 5.60. The maximum Gasteiger partial charge on any atom is 0.237 e. The van der Waals surface area contributed by atoms with Gasteiger partial charge in [0.1, 0.15) is 16.2 Å². The molecule has 1 amide bonds. The summed E-state index contributed by atoms with van der Waals surface area (Å²) in [7, 11) is 0. The molecule has 7 heteroatoms. The van der Waals surface area contributed by atoms with E-state index in [1.807, 2.05) is 46.3 Å². The minimum Gasteiger partial charge on any atom is -0.311 e. The molecule has 0 aliphatic carbocycles. The number of rotatable bonds is 3. The molecule has 1 unspecified atom stereocenters. The Kier molecular flexibility index (Phi) is 4.96. The molecule has 0 fully saturated rings. The maximum absolute atomic E-state index is 12.9. The number of carbonyl (C=O) groups excluding carboxylic acids is 1. The minimum atomic E-state index is 0.133. The molecule has 1 atom stereocenters. The van der Waals surface area contributed by atoms with Crippen molar-refractivity contribution in [3.05, 3.63) is 42.0 Å². The summed E-state index contributed by atoms with van der Waals surface area (Å²) in [6, 6.07) is 10.2. The van der Waals surface area contributed by atoms with Gasteiger partial charge in [0.05, 0.1) is 11.4 Å². The highest BCUT2D eigenvalue weighted by molar-refractivity contribution is 8.00. The van der Waals surface area contributed by atoms with Gasteiger partial charge in [0.15, 0.2) is 0 Å². The van der Waals surface area contributed by atoms with Crippen LogP contribution in [0, 0.1) is 0 Å². The van der Waals surface area contributed by atoms with Gasteiger partial charge in [-0.05, 0) is 30.0 Å². The summed E-state index contributed by atoms with van der Waals surface area (Å²) >= 11 is 4.94. The Morgan fingerprint density at radius 2 is 2.20 bits per heavy atom. The van der Waals surface area contributed by atoms with E-state index in [2.05, 4.69) is 23.0 Å². The first-order chi connectivity index (χ1) is 12.2. The van der Waals surface area contributed by atoms with Crippen molar-refractivity contribution < 1.29 is 4.79 Å². The highest BCUT2D eigenvalue weighted by Gasteiger charge is 2.24. The molecule has 1 aliphatic heterocycles. The summed E-state index contributed by atoms with van der Waals surface area (Å²) in [6.45, 7) is 2.99. The third-order valence-electron chi connectivity index (χ3n) is 4.10. The molecular formula is C18H17N3OS3. The summed E-state index contributed by atoms with van der Waals surface area (Å²) in [5, 5.41) is 4.43. The van der Waals surface area contributed by atoms with Crippen LogP contribution in [0.2, 0.25) is 0 Å². The Bertz CT molecular complexity index is 911. The molecule has 2 aromatic heterocycles. The second kappa shape index (κ2) is 7.35. The summed E-state index contributed by atoms with van der Waals surface area (Å²) in [5.74, 6) is 0.518. The predicted molar refractivity (Wildman–Crippen MR) is 107 cm³/mol. The van der Waals surface area contributed by atoms with E-state index < -0.39 is 0 Å². The zero-order chi connectivity index (χ0) is 17.2. The first-order valence-electron chi connectivity index (χ1n) is 8.09. The third-order valence-corrected chi connectivity index (χ3v) is 7.15. The van der Waals surface area contributed by atoms with Gasteiger partial charge in [-0.2, -0.15) is 0 Å². The number of amides is 1.